The molecule has 0 N–H and O–H groups in total. The van der Waals surface area contributed by atoms with Crippen LogP contribution in [0.15, 0.2) is 77.8 Å². The van der Waals surface area contributed by atoms with Crippen LogP contribution in [-0.2, 0) is 11.8 Å². The summed E-state index contributed by atoms with van der Waals surface area (Å²) in [7, 11) is 1.98. The van der Waals surface area contributed by atoms with Crippen LogP contribution in [0.3, 0.4) is 0 Å². The van der Waals surface area contributed by atoms with Gasteiger partial charge in [-0.2, -0.15) is 4.99 Å². The average Bonchev–Trinajstić information content (AvgIpc) is 3.03. The molecular weight excluding hydrogens is 364 g/mol. The van der Waals surface area contributed by atoms with E-state index >= 15 is 0 Å². The van der Waals surface area contributed by atoms with Crippen molar-refractivity contribution in [3.8, 4) is 0 Å². The van der Waals surface area contributed by atoms with E-state index in [4.69, 9.17) is 0 Å². The summed E-state index contributed by atoms with van der Waals surface area (Å²) in [5, 5.41) is 0. The molecule has 0 saturated heterocycles. The summed E-state index contributed by atoms with van der Waals surface area (Å²) in [6, 6.07) is 24.0. The summed E-state index contributed by atoms with van der Waals surface area (Å²) in [5.74, 6) is -0.552. The molecule has 0 saturated carbocycles. The van der Waals surface area contributed by atoms with Gasteiger partial charge in [-0.25, -0.2) is 0 Å². The lowest BCUT2D eigenvalue weighted by molar-refractivity contribution is -0.118. The normalized spacial score (nSPS) is 12.1. The van der Waals surface area contributed by atoms with Gasteiger partial charge in [0.15, 0.2) is 4.80 Å². The molecule has 0 atom stereocenters. The fourth-order valence-corrected chi connectivity index (χ4v) is 4.65. The van der Waals surface area contributed by atoms with E-state index in [1.807, 2.05) is 72.3 Å². The van der Waals surface area contributed by atoms with Crippen molar-refractivity contribution in [2.75, 3.05) is 0 Å². The van der Waals surface area contributed by atoms with Crippen molar-refractivity contribution in [3.63, 3.8) is 0 Å². The first kappa shape index (κ1) is 18.4. The van der Waals surface area contributed by atoms with Crippen molar-refractivity contribution < 1.29 is 4.79 Å². The van der Waals surface area contributed by atoms with E-state index in [2.05, 4.69) is 31.0 Å². The number of rotatable bonds is 3. The van der Waals surface area contributed by atoms with Crippen molar-refractivity contribution in [2.45, 2.75) is 19.8 Å². The average molecular weight is 387 g/mol. The molecule has 0 fully saturated rings. The highest BCUT2D eigenvalue weighted by atomic mass is 32.1. The third kappa shape index (κ3) is 3.32. The molecule has 4 rings (SSSR count). The molecule has 4 aromatic rings. The molecule has 0 aliphatic rings. The van der Waals surface area contributed by atoms with E-state index < -0.39 is 5.92 Å². The Kier molecular flexibility index (Phi) is 4.97. The van der Waals surface area contributed by atoms with Crippen molar-refractivity contribution in [1.82, 2.24) is 4.57 Å². The van der Waals surface area contributed by atoms with Gasteiger partial charge >= 0.3 is 0 Å². The van der Waals surface area contributed by atoms with Gasteiger partial charge in [0.2, 0.25) is 0 Å². The first-order valence-electron chi connectivity index (χ1n) is 9.30. The van der Waals surface area contributed by atoms with E-state index in [1.54, 1.807) is 11.3 Å². The molecule has 3 nitrogen and oxygen atoms in total. The predicted octanol–water partition coefficient (Wildman–Crippen LogP) is 5.12. The summed E-state index contributed by atoms with van der Waals surface area (Å²) in [5.41, 5.74) is 5.53. The van der Waals surface area contributed by atoms with Crippen molar-refractivity contribution in [2.24, 2.45) is 12.0 Å². The molecule has 1 heterocycles. The standard InChI is InChI=1S/C24H22N2OS/c1-16-14-15-20-22(17(16)2)26(3)24(28-20)25-23(27)21(18-10-6-4-7-11-18)19-12-8-5-9-13-19/h4-15,21H,1-3H3. The van der Waals surface area contributed by atoms with Crippen LogP contribution in [0, 0.1) is 13.8 Å². The topological polar surface area (TPSA) is 34.4 Å². The van der Waals surface area contributed by atoms with E-state index in [-0.39, 0.29) is 5.91 Å². The second kappa shape index (κ2) is 7.56. The fraction of sp³-hybridized carbons (Fsp3) is 0.167. The van der Waals surface area contributed by atoms with Crippen molar-refractivity contribution in [1.29, 1.82) is 0 Å². The number of carbonyl (C=O) groups excluding carboxylic acids is 1. The van der Waals surface area contributed by atoms with E-state index in [9.17, 15) is 4.79 Å². The number of amides is 1. The first-order valence-corrected chi connectivity index (χ1v) is 10.1. The Hall–Kier alpha value is -2.98. The number of aromatic nitrogens is 1. The smallest absolute Gasteiger partial charge is 0.260 e. The van der Waals surface area contributed by atoms with Gasteiger partial charge in [0.05, 0.1) is 16.1 Å². The summed E-state index contributed by atoms with van der Waals surface area (Å²) in [6.07, 6.45) is 0. The van der Waals surface area contributed by atoms with Gasteiger partial charge in [0.1, 0.15) is 0 Å². The lowest BCUT2D eigenvalue weighted by Gasteiger charge is -2.14. The molecule has 3 aromatic carbocycles. The highest BCUT2D eigenvalue weighted by molar-refractivity contribution is 7.16. The minimum absolute atomic E-state index is 0.145. The monoisotopic (exact) mass is 386 g/mol. The number of thiazole rings is 1. The maximum atomic E-state index is 13.3. The second-order valence-corrected chi connectivity index (χ2v) is 8.01. The Morgan fingerprint density at radius 3 is 2.04 bits per heavy atom. The molecule has 1 aromatic heterocycles. The van der Waals surface area contributed by atoms with Crippen LogP contribution in [0.25, 0.3) is 10.2 Å². The van der Waals surface area contributed by atoms with Gasteiger partial charge in [0, 0.05) is 7.05 Å². The zero-order valence-corrected chi connectivity index (χ0v) is 17.0. The second-order valence-electron chi connectivity index (χ2n) is 7.00. The van der Waals surface area contributed by atoms with Crippen LogP contribution in [0.5, 0.6) is 0 Å². The summed E-state index contributed by atoms with van der Waals surface area (Å²) in [4.78, 5) is 18.6. The van der Waals surface area contributed by atoms with E-state index in [1.165, 1.54) is 11.1 Å². The van der Waals surface area contributed by atoms with Gasteiger partial charge in [-0.15, -0.1) is 0 Å². The number of nitrogens with zero attached hydrogens (tertiary/aromatic N) is 2. The highest BCUT2D eigenvalue weighted by Crippen LogP contribution is 2.27. The molecule has 0 spiro atoms. The van der Waals surface area contributed by atoms with Crippen LogP contribution >= 0.6 is 11.3 Å². The Balaban J connectivity index is 1.86. The van der Waals surface area contributed by atoms with Crippen LogP contribution in [0.2, 0.25) is 0 Å². The maximum absolute atomic E-state index is 13.3. The fourth-order valence-electron chi connectivity index (χ4n) is 3.56. The lowest BCUT2D eigenvalue weighted by atomic mass is 9.91. The Bertz CT molecular complexity index is 1160. The number of benzene rings is 3. The largest absolute Gasteiger partial charge is 0.319 e. The highest BCUT2D eigenvalue weighted by Gasteiger charge is 2.22. The van der Waals surface area contributed by atoms with Gasteiger partial charge in [-0.05, 0) is 42.2 Å². The lowest BCUT2D eigenvalue weighted by Crippen LogP contribution is -2.18. The Morgan fingerprint density at radius 1 is 0.893 bits per heavy atom. The van der Waals surface area contributed by atoms with E-state index in [0.717, 1.165) is 26.1 Å². The molecule has 0 aliphatic heterocycles. The summed E-state index contributed by atoms with van der Waals surface area (Å²) < 4.78 is 3.18. The van der Waals surface area contributed by atoms with Crippen LogP contribution < -0.4 is 4.80 Å². The molecule has 0 unspecified atom stereocenters. The number of carbonyl (C=O) groups is 1. The quantitative estimate of drug-likeness (QED) is 0.481. The van der Waals surface area contributed by atoms with Crippen LogP contribution in [0.4, 0.5) is 0 Å². The molecule has 1 amide bonds. The molecule has 4 heteroatoms. The Labute approximate surface area is 168 Å². The molecule has 0 radical (unpaired) electrons. The molecule has 0 aliphatic carbocycles. The van der Waals surface area contributed by atoms with Gasteiger partial charge in [-0.1, -0.05) is 78.1 Å². The zero-order chi connectivity index (χ0) is 19.7. The molecule has 28 heavy (non-hydrogen) atoms. The van der Waals surface area contributed by atoms with E-state index in [0.29, 0.717) is 0 Å². The summed E-state index contributed by atoms with van der Waals surface area (Å²) >= 11 is 1.56. The van der Waals surface area contributed by atoms with Crippen molar-refractivity contribution >= 4 is 27.5 Å². The van der Waals surface area contributed by atoms with Gasteiger partial charge in [-0.3, -0.25) is 4.79 Å². The van der Waals surface area contributed by atoms with Gasteiger partial charge in [0.25, 0.3) is 5.91 Å². The van der Waals surface area contributed by atoms with Crippen LogP contribution in [-0.4, -0.2) is 10.5 Å². The number of hydrogen-bond donors (Lipinski definition) is 0. The SMILES string of the molecule is Cc1ccc2sc(=NC(=O)C(c3ccccc3)c3ccccc3)n(C)c2c1C. The molecular formula is C24H22N2OS. The van der Waals surface area contributed by atoms with Crippen molar-refractivity contribution in [3.05, 3.63) is 99.9 Å². The maximum Gasteiger partial charge on any atom is 0.260 e. The zero-order valence-electron chi connectivity index (χ0n) is 16.2. The third-order valence-corrected chi connectivity index (χ3v) is 6.30. The first-order chi connectivity index (χ1) is 13.6. The minimum Gasteiger partial charge on any atom is -0.319 e. The number of hydrogen-bond acceptors (Lipinski definition) is 2. The minimum atomic E-state index is -0.407. The third-order valence-electron chi connectivity index (χ3n) is 5.21. The van der Waals surface area contributed by atoms with Gasteiger partial charge < -0.3 is 4.57 Å². The molecule has 140 valence electrons. The number of fused-ring (bicyclic) bond motifs is 1. The number of aryl methyl sites for hydroxylation is 3. The molecule has 0 bridgehead atoms. The summed E-state index contributed by atoms with van der Waals surface area (Å²) in [6.45, 7) is 4.22. The van der Waals surface area contributed by atoms with Crippen LogP contribution in [0.1, 0.15) is 28.2 Å². The predicted molar refractivity (Wildman–Crippen MR) is 116 cm³/mol. The Morgan fingerprint density at radius 2 is 1.46 bits per heavy atom.